The van der Waals surface area contributed by atoms with Crippen molar-refractivity contribution in [2.45, 2.75) is 80.4 Å². The van der Waals surface area contributed by atoms with Crippen LogP contribution in [-0.2, 0) is 19.1 Å². The second-order valence-corrected chi connectivity index (χ2v) is 7.86. The standard InChI is InChI=1S/C16H30O4/c1-11(17)19-16(9,10)15(7,8)14(5,6)12(18)20-13(2,3)4/h1-10H3. The molecule has 0 bridgehead atoms. The Labute approximate surface area is 123 Å². The minimum Gasteiger partial charge on any atom is -0.460 e. The number of hydrogen-bond acceptors (Lipinski definition) is 4. The molecule has 4 heteroatoms. The van der Waals surface area contributed by atoms with Crippen LogP contribution in [0.4, 0.5) is 0 Å². The Morgan fingerprint density at radius 1 is 0.750 bits per heavy atom. The van der Waals surface area contributed by atoms with Crippen LogP contribution in [0.2, 0.25) is 0 Å². The summed E-state index contributed by atoms with van der Waals surface area (Å²) in [7, 11) is 0. The fourth-order valence-corrected chi connectivity index (χ4v) is 1.90. The van der Waals surface area contributed by atoms with Crippen LogP contribution >= 0.6 is 0 Å². The van der Waals surface area contributed by atoms with Crippen molar-refractivity contribution in [3.8, 4) is 0 Å². The molecular weight excluding hydrogens is 256 g/mol. The third kappa shape index (κ3) is 3.97. The average molecular weight is 286 g/mol. The summed E-state index contributed by atoms with van der Waals surface area (Å²) in [4.78, 5) is 23.8. The predicted molar refractivity (Wildman–Crippen MR) is 79.3 cm³/mol. The highest BCUT2D eigenvalue weighted by Crippen LogP contribution is 2.49. The summed E-state index contributed by atoms with van der Waals surface area (Å²) in [6, 6.07) is 0. The van der Waals surface area contributed by atoms with Crippen LogP contribution in [0.1, 0.15) is 69.2 Å². The molecule has 4 nitrogen and oxygen atoms in total. The van der Waals surface area contributed by atoms with Gasteiger partial charge in [0.2, 0.25) is 0 Å². The molecule has 0 spiro atoms. The van der Waals surface area contributed by atoms with E-state index in [0.717, 1.165) is 0 Å². The monoisotopic (exact) mass is 286 g/mol. The zero-order chi connectivity index (χ0) is 16.6. The Kier molecular flexibility index (Phi) is 5.09. The minimum atomic E-state index is -0.806. The van der Waals surface area contributed by atoms with E-state index in [1.165, 1.54) is 6.92 Å². The maximum atomic E-state index is 12.5. The van der Waals surface area contributed by atoms with Gasteiger partial charge in [-0.15, -0.1) is 0 Å². The Hall–Kier alpha value is -1.06. The van der Waals surface area contributed by atoms with Gasteiger partial charge in [-0.25, -0.2) is 0 Å². The Balaban J connectivity index is 5.45. The highest BCUT2D eigenvalue weighted by Gasteiger charge is 2.55. The van der Waals surface area contributed by atoms with Crippen molar-refractivity contribution in [1.29, 1.82) is 0 Å². The van der Waals surface area contributed by atoms with E-state index in [-0.39, 0.29) is 11.9 Å². The summed E-state index contributed by atoms with van der Waals surface area (Å²) < 4.78 is 10.9. The molecule has 0 aliphatic heterocycles. The first kappa shape index (κ1) is 18.9. The van der Waals surface area contributed by atoms with Crippen molar-refractivity contribution >= 4 is 11.9 Å². The topological polar surface area (TPSA) is 52.6 Å². The summed E-state index contributed by atoms with van der Waals surface area (Å²) in [5.74, 6) is -0.654. The molecule has 0 atom stereocenters. The number of rotatable bonds is 4. The molecule has 0 aromatic carbocycles. The van der Waals surface area contributed by atoms with Gasteiger partial charge in [0.25, 0.3) is 0 Å². The van der Waals surface area contributed by atoms with Crippen molar-refractivity contribution in [3.63, 3.8) is 0 Å². The van der Waals surface area contributed by atoms with E-state index in [1.807, 2.05) is 62.3 Å². The molecule has 0 aliphatic rings. The third-order valence-corrected chi connectivity index (χ3v) is 4.38. The van der Waals surface area contributed by atoms with Gasteiger partial charge in [-0.1, -0.05) is 13.8 Å². The number of carbonyl (C=O) groups is 2. The van der Waals surface area contributed by atoms with Gasteiger partial charge >= 0.3 is 11.9 Å². The van der Waals surface area contributed by atoms with E-state index >= 15 is 0 Å². The Morgan fingerprint density at radius 2 is 1.15 bits per heavy atom. The fraction of sp³-hybridized carbons (Fsp3) is 0.875. The predicted octanol–water partition coefficient (Wildman–Crippen LogP) is 3.72. The number of carbonyl (C=O) groups excluding carboxylic acids is 2. The molecule has 0 aromatic heterocycles. The van der Waals surface area contributed by atoms with E-state index in [2.05, 4.69) is 0 Å². The van der Waals surface area contributed by atoms with Crippen LogP contribution in [0.3, 0.4) is 0 Å². The number of ether oxygens (including phenoxy) is 2. The van der Waals surface area contributed by atoms with Crippen molar-refractivity contribution < 1.29 is 19.1 Å². The molecule has 118 valence electrons. The zero-order valence-electron chi connectivity index (χ0n) is 14.6. The quantitative estimate of drug-likeness (QED) is 0.739. The lowest BCUT2D eigenvalue weighted by atomic mass is 9.59. The summed E-state index contributed by atoms with van der Waals surface area (Å²) in [5, 5.41) is 0. The van der Waals surface area contributed by atoms with E-state index in [9.17, 15) is 9.59 Å². The molecule has 20 heavy (non-hydrogen) atoms. The molecule has 0 heterocycles. The summed E-state index contributed by atoms with van der Waals surface area (Å²) in [6.07, 6.45) is 0. The highest BCUT2D eigenvalue weighted by molar-refractivity contribution is 5.77. The van der Waals surface area contributed by atoms with Gasteiger partial charge in [-0.2, -0.15) is 0 Å². The van der Waals surface area contributed by atoms with Gasteiger partial charge in [0.15, 0.2) is 0 Å². The van der Waals surface area contributed by atoms with Crippen molar-refractivity contribution in [2.24, 2.45) is 10.8 Å². The van der Waals surface area contributed by atoms with Gasteiger partial charge in [0.1, 0.15) is 11.2 Å². The molecule has 0 radical (unpaired) electrons. The molecule has 0 unspecified atom stereocenters. The van der Waals surface area contributed by atoms with Crippen molar-refractivity contribution in [3.05, 3.63) is 0 Å². The van der Waals surface area contributed by atoms with Crippen LogP contribution in [0, 0.1) is 10.8 Å². The van der Waals surface area contributed by atoms with Gasteiger partial charge in [-0.05, 0) is 48.5 Å². The van der Waals surface area contributed by atoms with Crippen molar-refractivity contribution in [2.75, 3.05) is 0 Å². The van der Waals surface area contributed by atoms with E-state index < -0.39 is 22.0 Å². The van der Waals surface area contributed by atoms with Gasteiger partial charge in [-0.3, -0.25) is 9.59 Å². The van der Waals surface area contributed by atoms with E-state index in [0.29, 0.717) is 0 Å². The summed E-state index contributed by atoms with van der Waals surface area (Å²) >= 11 is 0. The largest absolute Gasteiger partial charge is 0.460 e. The van der Waals surface area contributed by atoms with Gasteiger partial charge < -0.3 is 9.47 Å². The molecule has 0 saturated carbocycles. The zero-order valence-corrected chi connectivity index (χ0v) is 14.6. The summed E-state index contributed by atoms with van der Waals surface area (Å²) in [6.45, 7) is 18.0. The van der Waals surface area contributed by atoms with Crippen LogP contribution in [0.15, 0.2) is 0 Å². The second-order valence-electron chi connectivity index (χ2n) is 7.86. The molecule has 0 fully saturated rings. The normalized spacial score (nSPS) is 13.9. The highest BCUT2D eigenvalue weighted by atomic mass is 16.6. The maximum absolute atomic E-state index is 12.5. The molecule has 0 N–H and O–H groups in total. The first-order valence-corrected chi connectivity index (χ1v) is 6.97. The molecule has 0 amide bonds. The van der Waals surface area contributed by atoms with E-state index in [1.54, 1.807) is 0 Å². The smallest absolute Gasteiger partial charge is 0.312 e. The van der Waals surface area contributed by atoms with Crippen LogP contribution in [-0.4, -0.2) is 23.1 Å². The first-order valence-electron chi connectivity index (χ1n) is 6.97. The summed E-state index contributed by atoms with van der Waals surface area (Å²) in [5.41, 5.74) is -2.75. The molecule has 0 aromatic rings. The maximum Gasteiger partial charge on any atom is 0.312 e. The van der Waals surface area contributed by atoms with Crippen LogP contribution in [0.25, 0.3) is 0 Å². The SMILES string of the molecule is CC(=O)OC(C)(C)C(C)(C)C(C)(C)C(=O)OC(C)(C)C. The first-order chi connectivity index (χ1) is 8.54. The lowest BCUT2D eigenvalue weighted by Gasteiger charge is -2.49. The molecular formula is C16H30O4. The number of hydrogen-bond donors (Lipinski definition) is 0. The molecule has 0 rings (SSSR count). The Bertz CT molecular complexity index is 384. The Morgan fingerprint density at radius 3 is 1.45 bits per heavy atom. The van der Waals surface area contributed by atoms with Crippen LogP contribution < -0.4 is 0 Å². The number of esters is 2. The average Bonchev–Trinajstić information content (AvgIpc) is 2.11. The lowest BCUT2D eigenvalue weighted by molar-refractivity contribution is -0.197. The van der Waals surface area contributed by atoms with E-state index in [4.69, 9.17) is 9.47 Å². The third-order valence-electron chi connectivity index (χ3n) is 4.38. The molecule has 0 saturated heterocycles. The fourth-order valence-electron chi connectivity index (χ4n) is 1.90. The van der Waals surface area contributed by atoms with Crippen LogP contribution in [0.5, 0.6) is 0 Å². The second kappa shape index (κ2) is 5.38. The lowest BCUT2D eigenvalue weighted by Crippen LogP contribution is -2.55. The van der Waals surface area contributed by atoms with Gasteiger partial charge in [0.05, 0.1) is 5.41 Å². The van der Waals surface area contributed by atoms with Crippen molar-refractivity contribution in [1.82, 2.24) is 0 Å². The minimum absolute atomic E-state index is 0.296. The molecule has 0 aliphatic carbocycles. The van der Waals surface area contributed by atoms with Gasteiger partial charge in [0, 0.05) is 12.3 Å².